The van der Waals surface area contributed by atoms with E-state index in [4.69, 9.17) is 4.52 Å². The molecule has 1 aliphatic rings. The Morgan fingerprint density at radius 3 is 2.60 bits per heavy atom. The normalized spacial score (nSPS) is 20.2. The minimum atomic E-state index is -0.0796. The van der Waals surface area contributed by atoms with Gasteiger partial charge in [-0.3, -0.25) is 9.89 Å². The Morgan fingerprint density at radius 1 is 1.20 bits per heavy atom. The van der Waals surface area contributed by atoms with Crippen molar-refractivity contribution in [2.45, 2.75) is 25.7 Å². The van der Waals surface area contributed by atoms with E-state index in [0.29, 0.717) is 30.5 Å². The Labute approximate surface area is 145 Å². The number of hydrogen-bond acceptors (Lipinski definition) is 5. The van der Waals surface area contributed by atoms with Crippen molar-refractivity contribution in [3.63, 3.8) is 0 Å². The summed E-state index contributed by atoms with van der Waals surface area (Å²) < 4.78 is 5.42. The molecule has 1 amide bonds. The molecule has 2 atom stereocenters. The number of benzene rings is 1. The van der Waals surface area contributed by atoms with Gasteiger partial charge in [-0.2, -0.15) is 10.1 Å². The molecule has 7 heteroatoms. The number of aryl methyl sites for hydroxylation is 2. The molecule has 1 saturated heterocycles. The summed E-state index contributed by atoms with van der Waals surface area (Å²) in [6.07, 6.45) is 0. The second-order valence-electron chi connectivity index (χ2n) is 6.45. The van der Waals surface area contributed by atoms with Gasteiger partial charge in [-0.15, -0.1) is 0 Å². The van der Waals surface area contributed by atoms with E-state index in [9.17, 15) is 4.79 Å². The fourth-order valence-electron chi connectivity index (χ4n) is 3.41. The third-order valence-corrected chi connectivity index (χ3v) is 4.62. The van der Waals surface area contributed by atoms with Crippen molar-refractivity contribution in [2.24, 2.45) is 0 Å². The number of aromatic amines is 1. The first-order chi connectivity index (χ1) is 12.1. The van der Waals surface area contributed by atoms with E-state index < -0.39 is 0 Å². The van der Waals surface area contributed by atoms with Gasteiger partial charge >= 0.3 is 0 Å². The second kappa shape index (κ2) is 6.16. The van der Waals surface area contributed by atoms with Crippen LogP contribution in [0.15, 0.2) is 40.9 Å². The van der Waals surface area contributed by atoms with Crippen LogP contribution < -0.4 is 0 Å². The predicted octanol–water partition coefficient (Wildman–Crippen LogP) is 2.43. The van der Waals surface area contributed by atoms with Crippen molar-refractivity contribution in [1.82, 2.24) is 25.2 Å². The van der Waals surface area contributed by atoms with Gasteiger partial charge in [-0.25, -0.2) is 0 Å². The highest BCUT2D eigenvalue weighted by Crippen LogP contribution is 2.39. The number of aromatic nitrogens is 4. The zero-order valence-electron chi connectivity index (χ0n) is 14.1. The Balaban J connectivity index is 1.65. The number of nitrogens with one attached hydrogen (secondary N) is 1. The third kappa shape index (κ3) is 2.93. The van der Waals surface area contributed by atoms with Crippen LogP contribution in [0.25, 0.3) is 0 Å². The van der Waals surface area contributed by atoms with E-state index in [0.717, 1.165) is 11.3 Å². The number of rotatable bonds is 3. The molecule has 0 radical (unpaired) electrons. The van der Waals surface area contributed by atoms with Gasteiger partial charge in [0.1, 0.15) is 5.69 Å². The van der Waals surface area contributed by atoms with Crippen molar-refractivity contribution in [3.8, 4) is 0 Å². The fourth-order valence-corrected chi connectivity index (χ4v) is 3.41. The lowest BCUT2D eigenvalue weighted by molar-refractivity contribution is 0.0782. The van der Waals surface area contributed by atoms with E-state index in [2.05, 4.69) is 32.5 Å². The molecule has 128 valence electrons. The SMILES string of the molecule is Cc1noc([C@H]2CN(C(=O)c3cc(C)[nH]n3)C[C@H]2c2ccccc2)n1. The highest BCUT2D eigenvalue weighted by atomic mass is 16.5. The van der Waals surface area contributed by atoms with Gasteiger partial charge < -0.3 is 9.42 Å². The van der Waals surface area contributed by atoms with E-state index in [1.54, 1.807) is 13.0 Å². The quantitative estimate of drug-likeness (QED) is 0.793. The Hall–Kier alpha value is -2.96. The van der Waals surface area contributed by atoms with Crippen LogP contribution in [0.5, 0.6) is 0 Å². The number of H-pyrrole nitrogens is 1. The molecule has 3 aromatic rings. The van der Waals surface area contributed by atoms with Gasteiger partial charge in [-0.1, -0.05) is 35.5 Å². The third-order valence-electron chi connectivity index (χ3n) is 4.62. The summed E-state index contributed by atoms with van der Waals surface area (Å²) in [6.45, 7) is 4.81. The summed E-state index contributed by atoms with van der Waals surface area (Å²) in [5, 5.41) is 10.8. The summed E-state index contributed by atoms with van der Waals surface area (Å²) in [5.74, 6) is 1.20. The van der Waals surface area contributed by atoms with Crippen LogP contribution in [0.1, 0.15) is 45.3 Å². The van der Waals surface area contributed by atoms with Crippen LogP contribution in [-0.4, -0.2) is 44.2 Å². The predicted molar refractivity (Wildman–Crippen MR) is 90.2 cm³/mol. The van der Waals surface area contributed by atoms with Gasteiger partial charge in [0.15, 0.2) is 5.82 Å². The van der Waals surface area contributed by atoms with Crippen LogP contribution >= 0.6 is 0 Å². The maximum absolute atomic E-state index is 12.8. The number of carbonyl (C=O) groups excluding carboxylic acids is 1. The van der Waals surface area contributed by atoms with Gasteiger partial charge in [-0.05, 0) is 25.5 Å². The summed E-state index contributed by atoms with van der Waals surface area (Å²) in [4.78, 5) is 19.0. The van der Waals surface area contributed by atoms with Gasteiger partial charge in [0.05, 0.1) is 5.92 Å². The van der Waals surface area contributed by atoms with E-state index in [1.807, 2.05) is 30.0 Å². The molecular weight excluding hydrogens is 318 g/mol. The van der Waals surface area contributed by atoms with Crippen molar-refractivity contribution >= 4 is 5.91 Å². The lowest BCUT2D eigenvalue weighted by Crippen LogP contribution is -2.29. The Bertz CT molecular complexity index is 886. The molecule has 0 unspecified atom stereocenters. The monoisotopic (exact) mass is 337 g/mol. The summed E-state index contributed by atoms with van der Waals surface area (Å²) in [6, 6.07) is 11.9. The molecular formula is C18H19N5O2. The van der Waals surface area contributed by atoms with Crippen LogP contribution in [0.2, 0.25) is 0 Å². The number of carbonyl (C=O) groups is 1. The molecule has 1 aliphatic heterocycles. The van der Waals surface area contributed by atoms with Crippen LogP contribution in [0, 0.1) is 13.8 Å². The molecule has 1 aromatic carbocycles. The van der Waals surface area contributed by atoms with Crippen molar-refractivity contribution < 1.29 is 9.32 Å². The maximum Gasteiger partial charge on any atom is 0.274 e. The standard InChI is InChI=1S/C18H19N5O2/c1-11-8-16(21-20-11)18(24)23-9-14(13-6-4-3-5-7-13)15(10-23)17-19-12(2)22-25-17/h3-8,14-15H,9-10H2,1-2H3,(H,20,21)/t14-,15-/m0/s1. The molecule has 0 aliphatic carbocycles. The highest BCUT2D eigenvalue weighted by molar-refractivity contribution is 5.92. The van der Waals surface area contributed by atoms with Crippen molar-refractivity contribution in [3.05, 3.63) is 65.1 Å². The number of likely N-dealkylation sites (tertiary alicyclic amines) is 1. The number of amides is 1. The largest absolute Gasteiger partial charge is 0.339 e. The zero-order chi connectivity index (χ0) is 17.4. The number of hydrogen-bond donors (Lipinski definition) is 1. The lowest BCUT2D eigenvalue weighted by atomic mass is 9.89. The molecule has 0 bridgehead atoms. The highest BCUT2D eigenvalue weighted by Gasteiger charge is 2.40. The molecule has 0 saturated carbocycles. The van der Waals surface area contributed by atoms with Crippen molar-refractivity contribution in [2.75, 3.05) is 13.1 Å². The maximum atomic E-state index is 12.8. The van der Waals surface area contributed by atoms with E-state index >= 15 is 0 Å². The molecule has 7 nitrogen and oxygen atoms in total. The first kappa shape index (κ1) is 15.6. The van der Waals surface area contributed by atoms with Crippen LogP contribution in [-0.2, 0) is 0 Å². The molecule has 25 heavy (non-hydrogen) atoms. The fraction of sp³-hybridized carbons (Fsp3) is 0.333. The second-order valence-corrected chi connectivity index (χ2v) is 6.45. The Morgan fingerprint density at radius 2 is 1.96 bits per heavy atom. The summed E-state index contributed by atoms with van der Waals surface area (Å²) in [5.41, 5.74) is 2.47. The minimum absolute atomic E-state index is 0.0208. The van der Waals surface area contributed by atoms with Gasteiger partial charge in [0.25, 0.3) is 5.91 Å². The van der Waals surface area contributed by atoms with E-state index in [-0.39, 0.29) is 17.7 Å². The van der Waals surface area contributed by atoms with Gasteiger partial charge in [0, 0.05) is 24.7 Å². The molecule has 2 aromatic heterocycles. The van der Waals surface area contributed by atoms with E-state index in [1.165, 1.54) is 0 Å². The average Bonchev–Trinajstić information content (AvgIpc) is 3.34. The first-order valence-electron chi connectivity index (χ1n) is 8.28. The molecule has 0 spiro atoms. The topological polar surface area (TPSA) is 87.9 Å². The summed E-state index contributed by atoms with van der Waals surface area (Å²) in [7, 11) is 0. The zero-order valence-corrected chi connectivity index (χ0v) is 14.1. The minimum Gasteiger partial charge on any atom is -0.339 e. The molecule has 3 heterocycles. The van der Waals surface area contributed by atoms with Crippen molar-refractivity contribution in [1.29, 1.82) is 0 Å². The number of nitrogens with zero attached hydrogens (tertiary/aromatic N) is 4. The lowest BCUT2D eigenvalue weighted by Gasteiger charge is -2.15. The summed E-state index contributed by atoms with van der Waals surface area (Å²) >= 11 is 0. The van der Waals surface area contributed by atoms with Gasteiger partial charge in [0.2, 0.25) is 5.89 Å². The van der Waals surface area contributed by atoms with Crippen LogP contribution in [0.3, 0.4) is 0 Å². The first-order valence-corrected chi connectivity index (χ1v) is 8.28. The smallest absolute Gasteiger partial charge is 0.274 e. The molecule has 1 fully saturated rings. The van der Waals surface area contributed by atoms with Crippen LogP contribution in [0.4, 0.5) is 0 Å². The average molecular weight is 337 g/mol. The molecule has 4 rings (SSSR count). The Kier molecular flexibility index (Phi) is 3.83. The molecule has 1 N–H and O–H groups in total.